The van der Waals surface area contributed by atoms with Crippen molar-refractivity contribution in [3.05, 3.63) is 24.3 Å². The third-order valence-electron chi connectivity index (χ3n) is 2.83. The molecule has 0 aliphatic heterocycles. The summed E-state index contributed by atoms with van der Waals surface area (Å²) < 4.78 is 25.2. The fourth-order valence-electron chi connectivity index (χ4n) is 1.49. The Balaban J connectivity index is 1.92. The van der Waals surface area contributed by atoms with Gasteiger partial charge in [0.25, 0.3) is 0 Å². The van der Waals surface area contributed by atoms with Crippen LogP contribution >= 0.6 is 0 Å². The van der Waals surface area contributed by atoms with Crippen LogP contribution in [0.2, 0.25) is 0 Å². The Morgan fingerprint density at radius 1 is 1.18 bits per heavy atom. The minimum Gasteiger partial charge on any atom is -0.385 e. The zero-order valence-electron chi connectivity index (χ0n) is 9.94. The molecule has 94 valence electrons. The van der Waals surface area contributed by atoms with Crippen LogP contribution in [0.5, 0.6) is 0 Å². The summed E-state index contributed by atoms with van der Waals surface area (Å²) in [4.78, 5) is 0. The van der Waals surface area contributed by atoms with Crippen molar-refractivity contribution in [2.75, 3.05) is 22.3 Å². The van der Waals surface area contributed by atoms with Crippen LogP contribution in [0.3, 0.4) is 0 Å². The van der Waals surface area contributed by atoms with Crippen molar-refractivity contribution in [3.8, 4) is 0 Å². The molecule has 5 heteroatoms. The smallest absolute Gasteiger partial charge is 0.232 e. The van der Waals surface area contributed by atoms with Crippen LogP contribution in [0, 0.1) is 5.92 Å². The summed E-state index contributed by atoms with van der Waals surface area (Å²) in [6.07, 6.45) is 2.64. The van der Waals surface area contributed by atoms with Crippen molar-refractivity contribution < 1.29 is 8.42 Å². The van der Waals surface area contributed by atoms with E-state index in [1.807, 2.05) is 12.1 Å². The number of sulfonamides is 1. The molecule has 0 heterocycles. The molecular formula is C12H18N2O2S. The highest BCUT2D eigenvalue weighted by molar-refractivity contribution is 7.92. The van der Waals surface area contributed by atoms with Gasteiger partial charge in [0.15, 0.2) is 0 Å². The van der Waals surface area contributed by atoms with Gasteiger partial charge in [0.05, 0.1) is 5.75 Å². The van der Waals surface area contributed by atoms with E-state index >= 15 is 0 Å². The van der Waals surface area contributed by atoms with Gasteiger partial charge in [-0.1, -0.05) is 0 Å². The standard InChI is InChI=1S/C12H18N2O2S/c1-2-17(15,16)14-12-7-5-11(6-8-12)13-9-10-3-4-10/h5-8,10,13-14H,2-4,9H2,1H3. The number of benzene rings is 1. The lowest BCUT2D eigenvalue weighted by molar-refractivity contribution is 0.602. The lowest BCUT2D eigenvalue weighted by atomic mass is 10.3. The van der Waals surface area contributed by atoms with Gasteiger partial charge in [0, 0.05) is 17.9 Å². The first kappa shape index (κ1) is 12.2. The summed E-state index contributed by atoms with van der Waals surface area (Å²) in [6.45, 7) is 2.63. The molecule has 1 aliphatic rings. The molecule has 0 amide bonds. The molecule has 0 radical (unpaired) electrons. The first-order valence-electron chi connectivity index (χ1n) is 5.93. The van der Waals surface area contributed by atoms with Crippen LogP contribution in [0.1, 0.15) is 19.8 Å². The van der Waals surface area contributed by atoms with Gasteiger partial charge >= 0.3 is 0 Å². The third kappa shape index (κ3) is 3.93. The van der Waals surface area contributed by atoms with Gasteiger partial charge in [0.2, 0.25) is 10.0 Å². The Hall–Kier alpha value is -1.23. The number of rotatable bonds is 6. The highest BCUT2D eigenvalue weighted by Gasteiger charge is 2.20. The van der Waals surface area contributed by atoms with Gasteiger partial charge in [0.1, 0.15) is 0 Å². The molecule has 1 fully saturated rings. The Labute approximate surface area is 102 Å². The molecule has 1 aliphatic carbocycles. The molecule has 0 atom stereocenters. The predicted octanol–water partition coefficient (Wildman–Crippen LogP) is 2.27. The largest absolute Gasteiger partial charge is 0.385 e. The maximum Gasteiger partial charge on any atom is 0.232 e. The average Bonchev–Trinajstić information content (AvgIpc) is 3.12. The van der Waals surface area contributed by atoms with Crippen molar-refractivity contribution in [1.29, 1.82) is 0 Å². The van der Waals surface area contributed by atoms with Crippen molar-refractivity contribution in [1.82, 2.24) is 0 Å². The van der Waals surface area contributed by atoms with Crippen LogP contribution in [-0.2, 0) is 10.0 Å². The van der Waals surface area contributed by atoms with Crippen LogP contribution in [0.4, 0.5) is 11.4 Å². The van der Waals surface area contributed by atoms with E-state index < -0.39 is 10.0 Å². The minimum atomic E-state index is -3.17. The summed E-state index contributed by atoms with van der Waals surface area (Å²) in [5.74, 6) is 0.919. The Kier molecular flexibility index (Phi) is 3.57. The third-order valence-corrected chi connectivity index (χ3v) is 4.14. The fraction of sp³-hybridized carbons (Fsp3) is 0.500. The average molecular weight is 254 g/mol. The van der Waals surface area contributed by atoms with Gasteiger partial charge in [-0.3, -0.25) is 4.72 Å². The molecule has 0 aromatic heterocycles. The summed E-state index contributed by atoms with van der Waals surface area (Å²) in [5.41, 5.74) is 1.65. The van der Waals surface area contributed by atoms with Crippen LogP contribution in [0.25, 0.3) is 0 Å². The second-order valence-electron chi connectivity index (χ2n) is 4.41. The van der Waals surface area contributed by atoms with Crippen molar-refractivity contribution in [3.63, 3.8) is 0 Å². The number of nitrogens with one attached hydrogen (secondary N) is 2. The molecule has 0 spiro atoms. The molecule has 1 aromatic carbocycles. The van der Waals surface area contributed by atoms with Crippen molar-refractivity contribution in [2.45, 2.75) is 19.8 Å². The molecule has 0 bridgehead atoms. The highest BCUT2D eigenvalue weighted by atomic mass is 32.2. The molecule has 2 rings (SSSR count). The monoisotopic (exact) mass is 254 g/mol. The lowest BCUT2D eigenvalue weighted by Crippen LogP contribution is -2.14. The SMILES string of the molecule is CCS(=O)(=O)Nc1ccc(NCC2CC2)cc1. The second-order valence-corrected chi connectivity index (χ2v) is 6.42. The Morgan fingerprint density at radius 3 is 2.29 bits per heavy atom. The predicted molar refractivity (Wildman–Crippen MR) is 70.7 cm³/mol. The summed E-state index contributed by atoms with van der Waals surface area (Å²) in [7, 11) is -3.17. The molecule has 0 unspecified atom stereocenters. The van der Waals surface area contributed by atoms with Crippen LogP contribution < -0.4 is 10.0 Å². The first-order valence-corrected chi connectivity index (χ1v) is 7.59. The molecule has 2 N–H and O–H groups in total. The van der Waals surface area contributed by atoms with Gasteiger partial charge in [-0.25, -0.2) is 8.42 Å². The van der Waals surface area contributed by atoms with Crippen LogP contribution in [0.15, 0.2) is 24.3 Å². The normalized spacial score (nSPS) is 15.6. The van der Waals surface area contributed by atoms with E-state index in [4.69, 9.17) is 0 Å². The fourth-order valence-corrected chi connectivity index (χ4v) is 2.13. The van der Waals surface area contributed by atoms with E-state index in [0.717, 1.165) is 18.2 Å². The maximum atomic E-state index is 11.4. The molecule has 1 aromatic rings. The van der Waals surface area contributed by atoms with E-state index in [1.54, 1.807) is 19.1 Å². The van der Waals surface area contributed by atoms with E-state index in [2.05, 4.69) is 10.0 Å². The van der Waals surface area contributed by atoms with E-state index in [-0.39, 0.29) is 5.75 Å². The van der Waals surface area contributed by atoms with E-state index in [1.165, 1.54) is 12.8 Å². The number of hydrogen-bond acceptors (Lipinski definition) is 3. The summed E-state index contributed by atoms with van der Waals surface area (Å²) >= 11 is 0. The van der Waals surface area contributed by atoms with Gasteiger partial charge < -0.3 is 5.32 Å². The zero-order chi connectivity index (χ0) is 12.3. The Bertz CT molecular complexity index is 464. The zero-order valence-corrected chi connectivity index (χ0v) is 10.8. The van der Waals surface area contributed by atoms with Crippen LogP contribution in [-0.4, -0.2) is 20.7 Å². The summed E-state index contributed by atoms with van der Waals surface area (Å²) in [5, 5.41) is 3.33. The molecular weight excluding hydrogens is 236 g/mol. The minimum absolute atomic E-state index is 0.0919. The van der Waals surface area contributed by atoms with E-state index in [0.29, 0.717) is 5.69 Å². The first-order chi connectivity index (χ1) is 8.09. The maximum absolute atomic E-state index is 11.4. The quantitative estimate of drug-likeness (QED) is 0.818. The molecule has 0 saturated heterocycles. The lowest BCUT2D eigenvalue weighted by Gasteiger charge is -2.08. The number of anilines is 2. The molecule has 17 heavy (non-hydrogen) atoms. The van der Waals surface area contributed by atoms with Crippen molar-refractivity contribution >= 4 is 21.4 Å². The Morgan fingerprint density at radius 2 is 1.76 bits per heavy atom. The molecule has 4 nitrogen and oxygen atoms in total. The second kappa shape index (κ2) is 4.96. The molecule has 1 saturated carbocycles. The van der Waals surface area contributed by atoms with Gasteiger partial charge in [-0.05, 0) is 49.9 Å². The van der Waals surface area contributed by atoms with Gasteiger partial charge in [-0.15, -0.1) is 0 Å². The number of hydrogen-bond donors (Lipinski definition) is 2. The topological polar surface area (TPSA) is 58.2 Å². The summed E-state index contributed by atoms with van der Waals surface area (Å²) in [6, 6.07) is 7.36. The van der Waals surface area contributed by atoms with Crippen molar-refractivity contribution in [2.24, 2.45) is 5.92 Å². The van der Waals surface area contributed by atoms with E-state index in [9.17, 15) is 8.42 Å². The van der Waals surface area contributed by atoms with Gasteiger partial charge in [-0.2, -0.15) is 0 Å². The highest BCUT2D eigenvalue weighted by Crippen LogP contribution is 2.29.